The Labute approximate surface area is 427 Å². The average molecular weight is 990 g/mol. The fourth-order valence-electron chi connectivity index (χ4n) is 11.3. The van der Waals surface area contributed by atoms with Crippen molar-refractivity contribution in [3.63, 3.8) is 0 Å². The van der Waals surface area contributed by atoms with Gasteiger partial charge in [-0.2, -0.15) is 0 Å². The summed E-state index contributed by atoms with van der Waals surface area (Å²) in [7, 11) is 7.52. The lowest BCUT2D eigenvalue weighted by molar-refractivity contribution is -0.147. The maximum Gasteiger partial charge on any atom is 0.245 e. The van der Waals surface area contributed by atoms with Crippen LogP contribution >= 0.6 is 0 Å². The first kappa shape index (κ1) is 50.8. The molecule has 382 valence electrons. The summed E-state index contributed by atoms with van der Waals surface area (Å²) in [5.41, 5.74) is 4.48. The average Bonchev–Trinajstić information content (AvgIpc) is 4.26. The van der Waals surface area contributed by atoms with Gasteiger partial charge in [0.2, 0.25) is 41.3 Å². The van der Waals surface area contributed by atoms with E-state index in [0.717, 1.165) is 60.8 Å². The first-order valence-corrected chi connectivity index (χ1v) is 25.8. The van der Waals surface area contributed by atoms with Gasteiger partial charge in [-0.1, -0.05) is 60.7 Å². The van der Waals surface area contributed by atoms with Gasteiger partial charge in [0.15, 0.2) is 5.76 Å². The van der Waals surface area contributed by atoms with Gasteiger partial charge in [0, 0.05) is 73.6 Å². The quantitative estimate of drug-likeness (QED) is 0.103. The van der Waals surface area contributed by atoms with Crippen molar-refractivity contribution in [3.8, 4) is 22.8 Å². The molecule has 0 unspecified atom stereocenters. The zero-order valence-electron chi connectivity index (χ0n) is 42.3. The lowest BCUT2D eigenvalue weighted by atomic mass is 10.0. The molecule has 6 amide bonds. The van der Waals surface area contributed by atoms with Crippen molar-refractivity contribution in [1.82, 2.24) is 34.4 Å². The maximum atomic E-state index is 14.1. The second kappa shape index (κ2) is 22.7. The summed E-state index contributed by atoms with van der Waals surface area (Å²) in [5.74, 6) is 0.239. The minimum absolute atomic E-state index is 0.0798. The van der Waals surface area contributed by atoms with Crippen LogP contribution in [0.25, 0.3) is 22.8 Å². The predicted molar refractivity (Wildman–Crippen MR) is 279 cm³/mol. The van der Waals surface area contributed by atoms with Gasteiger partial charge in [-0.3, -0.25) is 38.6 Å². The van der Waals surface area contributed by atoms with E-state index in [9.17, 15) is 28.8 Å². The first-order valence-electron chi connectivity index (χ1n) is 25.8. The maximum absolute atomic E-state index is 14.1. The van der Waals surface area contributed by atoms with Crippen molar-refractivity contribution in [2.45, 2.75) is 100 Å². The number of oxazole rings is 1. The van der Waals surface area contributed by atoms with Crippen molar-refractivity contribution in [2.75, 3.05) is 65.0 Å². The Balaban J connectivity index is 0.749. The van der Waals surface area contributed by atoms with Crippen LogP contribution in [0.3, 0.4) is 0 Å². The number of hydrogen-bond donors (Lipinski definition) is 2. The summed E-state index contributed by atoms with van der Waals surface area (Å²) in [6.07, 6.45) is 7.71. The monoisotopic (exact) mass is 990 g/mol. The molecule has 4 aromatic carbocycles. The molecule has 4 aliphatic rings. The number of aromatic nitrogens is 1. The predicted octanol–water partition coefficient (Wildman–Crippen LogP) is 7.24. The molecule has 16 heteroatoms. The largest absolute Gasteiger partial charge is 0.436 e. The van der Waals surface area contributed by atoms with Gasteiger partial charge in [0.05, 0.1) is 6.20 Å². The van der Waals surface area contributed by atoms with Crippen LogP contribution in [0.1, 0.15) is 87.4 Å². The Kier molecular flexibility index (Phi) is 15.8. The van der Waals surface area contributed by atoms with E-state index < -0.39 is 24.2 Å². The van der Waals surface area contributed by atoms with E-state index in [1.807, 2.05) is 133 Å². The Morgan fingerprint density at radius 3 is 1.36 bits per heavy atom. The Hall–Kier alpha value is -7.17. The molecule has 9 rings (SSSR count). The van der Waals surface area contributed by atoms with E-state index in [4.69, 9.17) is 4.42 Å². The van der Waals surface area contributed by atoms with Gasteiger partial charge in [-0.25, -0.2) is 4.98 Å². The normalized spacial score (nSPS) is 20.7. The third-order valence-corrected chi connectivity index (χ3v) is 14.9. The number of likely N-dealkylation sites (tertiary alicyclic amines) is 4. The standard InChI is InChI=1S/C57H67N9O7/c1-61(2)51(39-15-7-5-8-16-39)56(71)65-33-13-21-46(65)54(69)63-31-11-19-44(63)35-49(67)59-42-27-23-38(24-28-42)48-37-58-53(73-48)41-25-29-43(30-26-41)60-50(68)36-45-20-12-32-64(45)55(70)47-22-14-34-66(47)57(72)52(62(3)4)40-17-9-6-10-18-40/h5-10,15-18,23-30,37,44-47,51-52H,11-14,19-22,31-36H2,1-4H3,(H,59,67)(H,60,68)/t44-,45-,46-,47-,51+,52+/m0/s1. The van der Waals surface area contributed by atoms with E-state index in [2.05, 4.69) is 15.6 Å². The van der Waals surface area contributed by atoms with Crippen LogP contribution < -0.4 is 10.6 Å². The number of carbonyl (C=O) groups is 6. The Morgan fingerprint density at radius 1 is 0.534 bits per heavy atom. The zero-order valence-corrected chi connectivity index (χ0v) is 42.3. The van der Waals surface area contributed by atoms with Gasteiger partial charge >= 0.3 is 0 Å². The fourth-order valence-corrected chi connectivity index (χ4v) is 11.3. The molecule has 0 aliphatic carbocycles. The highest BCUT2D eigenvalue weighted by Crippen LogP contribution is 2.34. The van der Waals surface area contributed by atoms with Crippen LogP contribution in [0.4, 0.5) is 11.4 Å². The molecule has 0 saturated carbocycles. The van der Waals surface area contributed by atoms with Crippen LogP contribution in [0.5, 0.6) is 0 Å². The van der Waals surface area contributed by atoms with Gasteiger partial charge < -0.3 is 34.7 Å². The number of amides is 6. The van der Waals surface area contributed by atoms with Crippen LogP contribution in [0.15, 0.2) is 120 Å². The topological polar surface area (TPSA) is 172 Å². The third-order valence-electron chi connectivity index (χ3n) is 14.9. The summed E-state index contributed by atoms with van der Waals surface area (Å²) >= 11 is 0. The number of hydrogen-bond acceptors (Lipinski definition) is 10. The number of benzene rings is 4. The lowest BCUT2D eigenvalue weighted by Gasteiger charge is -2.34. The van der Waals surface area contributed by atoms with E-state index in [0.29, 0.717) is 62.0 Å². The van der Waals surface area contributed by atoms with Crippen molar-refractivity contribution in [2.24, 2.45) is 0 Å². The summed E-state index contributed by atoms with van der Waals surface area (Å²) in [6, 6.07) is 31.3. The van der Waals surface area contributed by atoms with E-state index in [-0.39, 0.29) is 60.4 Å². The molecule has 73 heavy (non-hydrogen) atoms. The molecule has 0 radical (unpaired) electrons. The lowest BCUT2D eigenvalue weighted by Crippen LogP contribution is -2.51. The van der Waals surface area contributed by atoms with Crippen molar-refractivity contribution >= 4 is 46.8 Å². The molecule has 2 N–H and O–H groups in total. The van der Waals surface area contributed by atoms with E-state index in [1.165, 1.54) is 0 Å². The number of nitrogens with zero attached hydrogens (tertiary/aromatic N) is 7. The molecule has 1 aromatic heterocycles. The van der Waals surface area contributed by atoms with E-state index in [1.54, 1.807) is 40.3 Å². The molecule has 0 bridgehead atoms. The summed E-state index contributed by atoms with van der Waals surface area (Å²) in [5, 5.41) is 5.99. The molecule has 4 aliphatic heterocycles. The van der Waals surface area contributed by atoms with Crippen LogP contribution in [0.2, 0.25) is 0 Å². The zero-order chi connectivity index (χ0) is 51.2. The summed E-state index contributed by atoms with van der Waals surface area (Å²) < 4.78 is 6.15. The number of carbonyl (C=O) groups excluding carboxylic acids is 6. The minimum atomic E-state index is -0.546. The van der Waals surface area contributed by atoms with E-state index >= 15 is 0 Å². The molecule has 4 fully saturated rings. The van der Waals surface area contributed by atoms with Crippen LogP contribution in [0, 0.1) is 0 Å². The molecule has 16 nitrogen and oxygen atoms in total. The van der Waals surface area contributed by atoms with Gasteiger partial charge in [0.25, 0.3) is 0 Å². The van der Waals surface area contributed by atoms with Crippen LogP contribution in [-0.4, -0.2) is 148 Å². The molecule has 0 spiro atoms. The highest BCUT2D eigenvalue weighted by atomic mass is 16.4. The van der Waals surface area contributed by atoms with Crippen molar-refractivity contribution < 1.29 is 33.2 Å². The van der Waals surface area contributed by atoms with Gasteiger partial charge in [-0.15, -0.1) is 0 Å². The second-order valence-corrected chi connectivity index (χ2v) is 20.3. The van der Waals surface area contributed by atoms with Crippen molar-refractivity contribution in [3.05, 3.63) is 127 Å². The fraction of sp³-hybridized carbons (Fsp3) is 0.421. The summed E-state index contributed by atoms with van der Waals surface area (Å²) in [6.45, 7) is 2.17. The molecule has 4 saturated heterocycles. The number of nitrogens with one attached hydrogen (secondary N) is 2. The smallest absolute Gasteiger partial charge is 0.245 e. The number of anilines is 2. The minimum Gasteiger partial charge on any atom is -0.436 e. The molecular formula is C57H67N9O7. The second-order valence-electron chi connectivity index (χ2n) is 20.3. The molecule has 5 heterocycles. The van der Waals surface area contributed by atoms with Crippen molar-refractivity contribution in [1.29, 1.82) is 0 Å². The number of likely N-dealkylation sites (N-methyl/N-ethyl adjacent to an activating group) is 2. The summed E-state index contributed by atoms with van der Waals surface area (Å²) in [4.78, 5) is 98.3. The first-order chi connectivity index (χ1) is 35.3. The molecule has 5 aromatic rings. The molecule has 6 atom stereocenters. The van der Waals surface area contributed by atoms with Gasteiger partial charge in [-0.05, 0) is 139 Å². The third kappa shape index (κ3) is 11.4. The SMILES string of the molecule is CN(C)[C@@H](C(=O)N1CCC[C@H]1C(=O)N1CCC[C@H]1CC(=O)Nc1ccc(-c2cnc(-c3ccc(NC(=O)C[C@@H]4CCCN4C(=O)[C@@H]4CCCN4C(=O)[C@@H](c4ccccc4)N(C)C)cc3)o2)cc1)c1ccccc1. The van der Waals surface area contributed by atoms with Crippen LogP contribution in [-0.2, 0) is 28.8 Å². The highest BCUT2D eigenvalue weighted by Gasteiger charge is 2.44. The Morgan fingerprint density at radius 2 is 0.932 bits per heavy atom. The Bertz CT molecular complexity index is 2560. The van der Waals surface area contributed by atoms with Gasteiger partial charge in [0.1, 0.15) is 24.2 Å². The molecular weight excluding hydrogens is 923 g/mol. The number of rotatable bonds is 16. The highest BCUT2D eigenvalue weighted by molar-refractivity contribution is 5.95.